The molecule has 0 spiro atoms. The fourth-order valence-corrected chi connectivity index (χ4v) is 4.45. The van der Waals surface area contributed by atoms with Crippen LogP contribution in [0.3, 0.4) is 0 Å². The Bertz CT molecular complexity index is 526. The number of rotatable bonds is 10. The molecule has 4 nitrogen and oxygen atoms in total. The molecule has 0 radical (unpaired) electrons. The van der Waals surface area contributed by atoms with Gasteiger partial charge in [0.25, 0.3) is 0 Å². The van der Waals surface area contributed by atoms with Crippen molar-refractivity contribution in [3.63, 3.8) is 0 Å². The minimum Gasteiger partial charge on any atom is -0.377 e. The van der Waals surface area contributed by atoms with Gasteiger partial charge in [-0.25, -0.2) is 0 Å². The third-order valence-electron chi connectivity index (χ3n) is 4.17. The molecule has 0 amide bonds. The minimum atomic E-state index is -2.56. The van der Waals surface area contributed by atoms with Gasteiger partial charge in [0.2, 0.25) is 0 Å². The minimum absolute atomic E-state index is 0.760. The SMILES string of the molecule is CO[Si](CCN(Cc1ccccc1)Cc1ccccc1)(OC)OC. The fourth-order valence-electron chi connectivity index (χ4n) is 2.75. The van der Waals surface area contributed by atoms with Crippen LogP contribution < -0.4 is 0 Å². The third kappa shape index (κ3) is 5.54. The summed E-state index contributed by atoms with van der Waals surface area (Å²) in [5, 5.41) is 0. The Labute approximate surface area is 146 Å². The lowest BCUT2D eigenvalue weighted by Gasteiger charge is -2.28. The summed E-state index contributed by atoms with van der Waals surface area (Å²) in [6.45, 7) is 2.63. The summed E-state index contributed by atoms with van der Waals surface area (Å²) in [6, 6.07) is 21.8. The smallest absolute Gasteiger partial charge is 0.377 e. The van der Waals surface area contributed by atoms with Gasteiger partial charge in [-0.15, -0.1) is 0 Å². The van der Waals surface area contributed by atoms with E-state index in [-0.39, 0.29) is 0 Å². The standard InChI is InChI=1S/C19H27NO3Si/c1-21-24(22-2,23-3)15-14-20(16-18-10-6-4-7-11-18)17-19-12-8-5-9-13-19/h4-13H,14-17H2,1-3H3. The van der Waals surface area contributed by atoms with Crippen LogP contribution in [0.15, 0.2) is 60.7 Å². The molecule has 0 aliphatic heterocycles. The summed E-state index contributed by atoms with van der Waals surface area (Å²) in [5.41, 5.74) is 2.60. The van der Waals surface area contributed by atoms with Crippen molar-refractivity contribution in [1.29, 1.82) is 0 Å². The highest BCUT2D eigenvalue weighted by Gasteiger charge is 2.37. The molecule has 0 atom stereocenters. The molecule has 130 valence electrons. The van der Waals surface area contributed by atoms with Gasteiger partial charge in [0.15, 0.2) is 0 Å². The van der Waals surface area contributed by atoms with E-state index in [4.69, 9.17) is 13.3 Å². The van der Waals surface area contributed by atoms with Crippen molar-refractivity contribution in [2.75, 3.05) is 27.9 Å². The molecule has 0 saturated carbocycles. The van der Waals surface area contributed by atoms with E-state index in [1.807, 2.05) is 12.1 Å². The second-order valence-corrected chi connectivity index (χ2v) is 8.82. The Morgan fingerprint density at radius 2 is 1.12 bits per heavy atom. The van der Waals surface area contributed by atoms with Crippen molar-refractivity contribution in [3.05, 3.63) is 71.8 Å². The van der Waals surface area contributed by atoms with Gasteiger partial charge in [-0.1, -0.05) is 60.7 Å². The Morgan fingerprint density at radius 1 is 0.708 bits per heavy atom. The molecule has 2 rings (SSSR count). The van der Waals surface area contributed by atoms with Gasteiger partial charge >= 0.3 is 8.80 Å². The number of hydrogen-bond acceptors (Lipinski definition) is 4. The zero-order valence-corrected chi connectivity index (χ0v) is 15.8. The van der Waals surface area contributed by atoms with E-state index < -0.39 is 8.80 Å². The van der Waals surface area contributed by atoms with Crippen LogP contribution in [0.5, 0.6) is 0 Å². The molecule has 0 fully saturated rings. The molecule has 0 unspecified atom stereocenters. The third-order valence-corrected chi connectivity index (χ3v) is 6.87. The van der Waals surface area contributed by atoms with Gasteiger partial charge in [-0.2, -0.15) is 0 Å². The fraction of sp³-hybridized carbons (Fsp3) is 0.368. The predicted molar refractivity (Wildman–Crippen MR) is 98.6 cm³/mol. The first-order valence-corrected chi connectivity index (χ1v) is 10.1. The van der Waals surface area contributed by atoms with Crippen molar-refractivity contribution >= 4 is 8.80 Å². The normalized spacial score (nSPS) is 11.8. The molecule has 0 aromatic heterocycles. The van der Waals surface area contributed by atoms with E-state index in [0.29, 0.717) is 0 Å². The number of nitrogens with zero attached hydrogens (tertiary/aromatic N) is 1. The molecule has 0 bridgehead atoms. The van der Waals surface area contributed by atoms with E-state index >= 15 is 0 Å². The van der Waals surface area contributed by atoms with E-state index in [9.17, 15) is 0 Å². The lowest BCUT2D eigenvalue weighted by Crippen LogP contribution is -2.45. The zero-order chi connectivity index (χ0) is 17.3. The molecule has 0 aliphatic rings. The van der Waals surface area contributed by atoms with Crippen LogP contribution >= 0.6 is 0 Å². The Hall–Kier alpha value is -1.50. The van der Waals surface area contributed by atoms with E-state index in [0.717, 1.165) is 25.7 Å². The first kappa shape index (κ1) is 18.8. The van der Waals surface area contributed by atoms with Crippen LogP contribution in [0.2, 0.25) is 6.04 Å². The van der Waals surface area contributed by atoms with E-state index in [1.165, 1.54) is 11.1 Å². The maximum Gasteiger partial charge on any atom is 0.501 e. The maximum absolute atomic E-state index is 5.55. The topological polar surface area (TPSA) is 30.9 Å². The van der Waals surface area contributed by atoms with Crippen LogP contribution in [-0.2, 0) is 26.4 Å². The maximum atomic E-state index is 5.55. The lowest BCUT2D eigenvalue weighted by atomic mass is 10.1. The molecule has 24 heavy (non-hydrogen) atoms. The molecule has 0 saturated heterocycles. The predicted octanol–water partition coefficient (Wildman–Crippen LogP) is 3.57. The summed E-state index contributed by atoms with van der Waals surface area (Å²) >= 11 is 0. The number of benzene rings is 2. The first-order chi connectivity index (χ1) is 11.7. The van der Waals surface area contributed by atoms with E-state index in [2.05, 4.69) is 53.4 Å². The summed E-state index contributed by atoms with van der Waals surface area (Å²) in [6.07, 6.45) is 0. The number of hydrogen-bond donors (Lipinski definition) is 0. The van der Waals surface area contributed by atoms with Gasteiger partial charge in [0.05, 0.1) is 0 Å². The highest BCUT2D eigenvalue weighted by molar-refractivity contribution is 6.60. The average Bonchev–Trinajstić information content (AvgIpc) is 2.65. The Morgan fingerprint density at radius 3 is 1.50 bits per heavy atom. The molecule has 0 aliphatic carbocycles. The molecular weight excluding hydrogens is 318 g/mol. The van der Waals surface area contributed by atoms with Crippen LogP contribution in [0.1, 0.15) is 11.1 Å². The molecular formula is C19H27NO3Si. The van der Waals surface area contributed by atoms with Crippen molar-refractivity contribution < 1.29 is 13.3 Å². The highest BCUT2D eigenvalue weighted by atomic mass is 28.4. The summed E-state index contributed by atoms with van der Waals surface area (Å²) < 4.78 is 16.7. The lowest BCUT2D eigenvalue weighted by molar-refractivity contribution is 0.117. The summed E-state index contributed by atoms with van der Waals surface area (Å²) in [7, 11) is 2.44. The second kappa shape index (κ2) is 9.71. The van der Waals surface area contributed by atoms with Crippen molar-refractivity contribution in [2.24, 2.45) is 0 Å². The molecule has 0 N–H and O–H groups in total. The summed E-state index contributed by atoms with van der Waals surface area (Å²) in [4.78, 5) is 2.41. The van der Waals surface area contributed by atoms with Gasteiger partial charge < -0.3 is 13.3 Å². The first-order valence-electron chi connectivity index (χ1n) is 8.17. The largest absolute Gasteiger partial charge is 0.501 e. The summed E-state index contributed by atoms with van der Waals surface area (Å²) in [5.74, 6) is 0. The second-order valence-electron chi connectivity index (χ2n) is 5.73. The van der Waals surface area contributed by atoms with Gasteiger partial charge in [-0.05, 0) is 11.1 Å². The highest BCUT2D eigenvalue weighted by Crippen LogP contribution is 2.17. The van der Waals surface area contributed by atoms with Crippen molar-refractivity contribution in [1.82, 2.24) is 4.90 Å². The molecule has 2 aromatic carbocycles. The average molecular weight is 346 g/mol. The van der Waals surface area contributed by atoms with Gasteiger partial charge in [0, 0.05) is 47.0 Å². The quantitative estimate of drug-likeness (QED) is 0.616. The monoisotopic (exact) mass is 345 g/mol. The Balaban J connectivity index is 2.07. The van der Waals surface area contributed by atoms with Crippen LogP contribution in [0.4, 0.5) is 0 Å². The Kier molecular flexibility index (Phi) is 7.62. The van der Waals surface area contributed by atoms with Crippen LogP contribution in [0, 0.1) is 0 Å². The van der Waals surface area contributed by atoms with Crippen LogP contribution in [-0.4, -0.2) is 41.6 Å². The molecule has 5 heteroatoms. The van der Waals surface area contributed by atoms with E-state index in [1.54, 1.807) is 21.3 Å². The van der Waals surface area contributed by atoms with Gasteiger partial charge in [0.1, 0.15) is 0 Å². The van der Waals surface area contributed by atoms with Crippen LogP contribution in [0.25, 0.3) is 0 Å². The van der Waals surface area contributed by atoms with Gasteiger partial charge in [-0.3, -0.25) is 4.90 Å². The van der Waals surface area contributed by atoms with Crippen molar-refractivity contribution in [3.8, 4) is 0 Å². The zero-order valence-electron chi connectivity index (χ0n) is 14.8. The molecule has 2 aromatic rings. The molecule has 0 heterocycles. The van der Waals surface area contributed by atoms with Crippen molar-refractivity contribution in [2.45, 2.75) is 19.1 Å².